The molecule has 284 valence electrons. The van der Waals surface area contributed by atoms with Crippen LogP contribution in [0.4, 0.5) is 4.79 Å². The highest BCUT2D eigenvalue weighted by Gasteiger charge is 2.59. The van der Waals surface area contributed by atoms with Gasteiger partial charge in [0.2, 0.25) is 5.78 Å². The summed E-state index contributed by atoms with van der Waals surface area (Å²) in [5.74, 6) is 2.28. The molecule has 0 aliphatic heterocycles. The number of carbonyl (C=O) groups excluding carboxylic acids is 2. The zero-order valence-electron chi connectivity index (χ0n) is 32.3. The van der Waals surface area contributed by atoms with Crippen LogP contribution in [0.1, 0.15) is 137 Å². The highest BCUT2D eigenvalue weighted by Crippen LogP contribution is 2.62. The van der Waals surface area contributed by atoms with Crippen LogP contribution >= 0.6 is 11.3 Å². The summed E-state index contributed by atoms with van der Waals surface area (Å²) >= 11 is 1.53. The second-order valence-electron chi connectivity index (χ2n) is 18.8. The molecule has 7 heteroatoms. The lowest BCUT2D eigenvalue weighted by molar-refractivity contribution is -0.0985. The lowest BCUT2D eigenvalue weighted by Crippen LogP contribution is -2.59. The summed E-state index contributed by atoms with van der Waals surface area (Å²) in [6, 6.07) is 16.4. The molecule has 5 saturated carbocycles. The first-order valence-corrected chi connectivity index (χ1v) is 21.4. The van der Waals surface area contributed by atoms with Gasteiger partial charge in [0, 0.05) is 28.3 Å². The Morgan fingerprint density at radius 2 is 1.68 bits per heavy atom. The van der Waals surface area contributed by atoms with E-state index in [4.69, 9.17) is 0 Å². The number of nitrogens with zero attached hydrogens (tertiary/aromatic N) is 1. The Bertz CT molecular complexity index is 1830. The van der Waals surface area contributed by atoms with Crippen LogP contribution in [0.3, 0.4) is 0 Å². The van der Waals surface area contributed by atoms with E-state index in [1.165, 1.54) is 55.4 Å². The molecule has 7 aliphatic carbocycles. The fraction of sp³-hybridized carbons (Fsp3) is 0.609. The van der Waals surface area contributed by atoms with Gasteiger partial charge in [-0.15, -0.1) is 11.3 Å². The fourth-order valence-electron chi connectivity index (χ4n) is 12.2. The molecule has 5 fully saturated rings. The van der Waals surface area contributed by atoms with E-state index < -0.39 is 17.1 Å². The summed E-state index contributed by atoms with van der Waals surface area (Å²) in [6.45, 7) is 9.45. The van der Waals surface area contributed by atoms with Crippen molar-refractivity contribution in [2.45, 2.75) is 135 Å². The van der Waals surface area contributed by atoms with Crippen molar-refractivity contribution in [3.8, 4) is 0 Å². The van der Waals surface area contributed by atoms with Crippen LogP contribution < -0.4 is 5.32 Å². The van der Waals surface area contributed by atoms with Gasteiger partial charge in [0.1, 0.15) is 0 Å². The number of urea groups is 1. The van der Waals surface area contributed by atoms with Gasteiger partial charge in [0.25, 0.3) is 0 Å². The van der Waals surface area contributed by atoms with Gasteiger partial charge in [-0.2, -0.15) is 0 Å². The average Bonchev–Trinajstić information content (AvgIpc) is 3.64. The van der Waals surface area contributed by atoms with Gasteiger partial charge in [-0.05, 0) is 168 Å². The number of hydrogen-bond donors (Lipinski definition) is 3. The van der Waals surface area contributed by atoms with E-state index in [1.54, 1.807) is 0 Å². The van der Waals surface area contributed by atoms with Crippen LogP contribution in [-0.4, -0.2) is 57.8 Å². The van der Waals surface area contributed by atoms with E-state index in [-0.39, 0.29) is 29.2 Å². The number of aliphatic hydroxyl groups excluding tert-OH is 1. The van der Waals surface area contributed by atoms with Crippen LogP contribution in [0, 0.1) is 28.6 Å². The normalized spacial score (nSPS) is 33.9. The molecule has 1 heterocycles. The number of thiophene rings is 1. The van der Waals surface area contributed by atoms with Gasteiger partial charge < -0.3 is 20.4 Å². The Kier molecular flexibility index (Phi) is 9.94. The molecule has 3 N–H and O–H groups in total. The van der Waals surface area contributed by atoms with Crippen LogP contribution in [0.2, 0.25) is 0 Å². The minimum atomic E-state index is -1.14. The van der Waals surface area contributed by atoms with Crippen molar-refractivity contribution in [3.63, 3.8) is 0 Å². The molecule has 0 radical (unpaired) electrons. The van der Waals surface area contributed by atoms with Crippen LogP contribution in [-0.2, 0) is 6.42 Å². The lowest BCUT2D eigenvalue weighted by Gasteiger charge is -2.58. The summed E-state index contributed by atoms with van der Waals surface area (Å²) in [4.78, 5) is 31.6. The predicted molar refractivity (Wildman–Crippen MR) is 215 cm³/mol. The Balaban J connectivity index is 1.18. The first-order chi connectivity index (χ1) is 25.3. The van der Waals surface area contributed by atoms with Gasteiger partial charge >= 0.3 is 6.03 Å². The molecule has 0 spiro atoms. The highest BCUT2D eigenvalue weighted by atomic mass is 32.1. The van der Waals surface area contributed by atoms with Crippen LogP contribution in [0.5, 0.6) is 0 Å². The standard InChI is InChI=1S/C46H60N2O4S/c1-29(2)47-43(51)48(27-45-24-32-18-33(25-45)20-34(19-32)26-45)28-46(52)17-15-39-37-14-12-31(21-36(49)13-11-30(3)8-7-16-44(39,46)4)22-38(37)42(50)41-23-35-9-5-6-10-40(35)53-41/h5-6,8-10,12,14,22-23,29,32-34,36,39,49,52H,7,11,13,15-21,24-28H2,1-4H3,(H,47,51)/t32?,33?,34?,36-,39-,44-,45?,46+/m0/s1. The van der Waals surface area contributed by atoms with Gasteiger partial charge in [-0.3, -0.25) is 4.79 Å². The first kappa shape index (κ1) is 36.9. The molecule has 2 amide bonds. The predicted octanol–water partition coefficient (Wildman–Crippen LogP) is 9.81. The maximum Gasteiger partial charge on any atom is 0.317 e. The fourth-order valence-corrected chi connectivity index (χ4v) is 13.2. The molecule has 53 heavy (non-hydrogen) atoms. The van der Waals surface area contributed by atoms with Crippen LogP contribution in [0.15, 0.2) is 60.2 Å². The van der Waals surface area contributed by atoms with E-state index in [9.17, 15) is 19.8 Å². The smallest absolute Gasteiger partial charge is 0.317 e. The summed E-state index contributed by atoms with van der Waals surface area (Å²) in [5.41, 5.74) is 2.31. The number of fused-ring (bicyclic) bond motifs is 9. The van der Waals surface area contributed by atoms with Gasteiger partial charge in [-0.1, -0.05) is 48.9 Å². The number of carbonyl (C=O) groups is 2. The van der Waals surface area contributed by atoms with Gasteiger partial charge in [0.05, 0.1) is 23.1 Å². The third-order valence-electron chi connectivity index (χ3n) is 14.4. The maximum atomic E-state index is 14.7. The highest BCUT2D eigenvalue weighted by molar-refractivity contribution is 7.21. The Morgan fingerprint density at radius 3 is 2.38 bits per heavy atom. The number of benzene rings is 2. The van der Waals surface area contributed by atoms with Crippen molar-refractivity contribution < 1.29 is 19.8 Å². The average molecular weight is 737 g/mol. The first-order valence-electron chi connectivity index (χ1n) is 20.6. The Morgan fingerprint density at radius 1 is 0.962 bits per heavy atom. The number of allylic oxidation sites excluding steroid dienone is 2. The third-order valence-corrected chi connectivity index (χ3v) is 15.5. The summed E-state index contributed by atoms with van der Waals surface area (Å²) < 4.78 is 1.09. The minimum absolute atomic E-state index is 0.00453. The van der Waals surface area contributed by atoms with Crippen molar-refractivity contribution in [2.24, 2.45) is 28.6 Å². The molecule has 10 rings (SSSR count). The number of amides is 2. The number of rotatable bonds is 7. The third kappa shape index (κ3) is 7.15. The molecule has 4 atom stereocenters. The number of aliphatic hydroxyl groups is 2. The van der Waals surface area contributed by atoms with E-state index in [1.807, 2.05) is 43.0 Å². The molecule has 6 nitrogen and oxygen atoms in total. The molecule has 1 aromatic heterocycles. The number of ketones is 1. The van der Waals surface area contributed by atoms with Crippen molar-refractivity contribution in [1.82, 2.24) is 10.2 Å². The molecule has 0 saturated heterocycles. The number of hydrogen-bond acceptors (Lipinski definition) is 5. The van der Waals surface area contributed by atoms with Crippen molar-refractivity contribution >= 4 is 33.2 Å². The van der Waals surface area contributed by atoms with Gasteiger partial charge in [-0.25, -0.2) is 4.79 Å². The number of nitrogens with one attached hydrogen (secondary N) is 1. The van der Waals surface area contributed by atoms with E-state index in [0.717, 1.165) is 64.7 Å². The molecule has 2 aromatic carbocycles. The molecule has 7 aliphatic rings. The zero-order valence-corrected chi connectivity index (χ0v) is 33.1. The summed E-state index contributed by atoms with van der Waals surface area (Å²) in [7, 11) is 0. The second kappa shape index (κ2) is 14.3. The molecule has 0 unspecified atom stereocenters. The van der Waals surface area contributed by atoms with Gasteiger partial charge in [0.15, 0.2) is 0 Å². The van der Waals surface area contributed by atoms with Crippen molar-refractivity contribution in [2.75, 3.05) is 13.1 Å². The SMILES string of the molecule is CC1=CCC[C@@]2(C)[C@@H](CC[C@@]2(O)CN(CC23CC4CC(CC(C4)C2)C3)C(=O)NC(C)C)c2ccc(cc2C(=O)c2cc3ccccc3s2)C[C@@H](O)CC1. The van der Waals surface area contributed by atoms with E-state index >= 15 is 0 Å². The lowest BCUT2D eigenvalue weighted by atomic mass is 9.49. The second-order valence-corrected chi connectivity index (χ2v) is 19.9. The topological polar surface area (TPSA) is 89.9 Å². The van der Waals surface area contributed by atoms with Crippen LogP contribution in [0.25, 0.3) is 10.1 Å². The van der Waals surface area contributed by atoms with E-state index in [2.05, 4.69) is 49.5 Å². The zero-order chi connectivity index (χ0) is 37.1. The minimum Gasteiger partial charge on any atom is -0.393 e. The molecule has 3 aromatic rings. The monoisotopic (exact) mass is 736 g/mol. The maximum absolute atomic E-state index is 14.7. The van der Waals surface area contributed by atoms with Crippen molar-refractivity contribution in [1.29, 1.82) is 0 Å². The van der Waals surface area contributed by atoms with E-state index in [0.29, 0.717) is 42.8 Å². The summed E-state index contributed by atoms with van der Waals surface area (Å²) in [5, 5.41) is 28.6. The Labute approximate surface area is 320 Å². The largest absolute Gasteiger partial charge is 0.393 e. The molecular weight excluding hydrogens is 677 g/mol. The molecule has 6 bridgehead atoms. The quantitative estimate of drug-likeness (QED) is 0.167. The Hall–Kier alpha value is -3.00. The molecular formula is C46H60N2O4S. The van der Waals surface area contributed by atoms with Crippen molar-refractivity contribution in [3.05, 3.63) is 81.7 Å². The summed E-state index contributed by atoms with van der Waals surface area (Å²) in [6.07, 6.45) is 14.3.